The molecule has 0 aliphatic carbocycles. The van der Waals surface area contributed by atoms with Gasteiger partial charge in [-0.1, -0.05) is 6.92 Å². The van der Waals surface area contributed by atoms with Crippen molar-refractivity contribution in [1.29, 1.82) is 0 Å². The molecule has 0 bridgehead atoms. The Balaban J connectivity index is 2.36. The molecule has 18 heavy (non-hydrogen) atoms. The molecule has 0 radical (unpaired) electrons. The van der Waals surface area contributed by atoms with Crippen molar-refractivity contribution in [3.63, 3.8) is 0 Å². The van der Waals surface area contributed by atoms with Crippen LogP contribution in [0, 0.1) is 5.92 Å². The number of hydrogen-bond acceptors (Lipinski definition) is 3. The first-order valence-electron chi connectivity index (χ1n) is 6.70. The summed E-state index contributed by atoms with van der Waals surface area (Å²) in [5, 5.41) is 12.9. The van der Waals surface area contributed by atoms with Crippen LogP contribution in [0.25, 0.3) is 0 Å². The average Bonchev–Trinajstić information content (AvgIpc) is 2.24. The lowest BCUT2D eigenvalue weighted by Gasteiger charge is -2.33. The van der Waals surface area contributed by atoms with Crippen molar-refractivity contribution in [3.05, 3.63) is 0 Å². The van der Waals surface area contributed by atoms with Gasteiger partial charge in [-0.2, -0.15) is 0 Å². The second-order valence-corrected chi connectivity index (χ2v) is 6.09. The number of piperidine rings is 1. The maximum atomic E-state index is 12.0. The summed E-state index contributed by atoms with van der Waals surface area (Å²) in [7, 11) is 3.81. The van der Waals surface area contributed by atoms with Gasteiger partial charge in [-0.3, -0.25) is 0 Å². The van der Waals surface area contributed by atoms with Crippen LogP contribution in [-0.4, -0.2) is 66.8 Å². The van der Waals surface area contributed by atoms with Crippen molar-refractivity contribution in [2.24, 2.45) is 5.92 Å². The summed E-state index contributed by atoms with van der Waals surface area (Å²) in [6.45, 7) is 6.37. The van der Waals surface area contributed by atoms with Gasteiger partial charge < -0.3 is 20.2 Å². The first-order valence-corrected chi connectivity index (χ1v) is 6.70. The molecular formula is C13H27N3O2. The van der Waals surface area contributed by atoms with Crippen LogP contribution in [0.4, 0.5) is 4.79 Å². The maximum Gasteiger partial charge on any atom is 0.317 e. The van der Waals surface area contributed by atoms with E-state index in [4.69, 9.17) is 0 Å². The van der Waals surface area contributed by atoms with Gasteiger partial charge in [-0.15, -0.1) is 0 Å². The topological polar surface area (TPSA) is 55.8 Å². The Morgan fingerprint density at radius 1 is 1.56 bits per heavy atom. The van der Waals surface area contributed by atoms with E-state index < -0.39 is 5.60 Å². The number of rotatable bonds is 4. The van der Waals surface area contributed by atoms with E-state index in [0.29, 0.717) is 12.5 Å². The number of nitrogens with zero attached hydrogens (tertiary/aromatic N) is 2. The number of urea groups is 1. The van der Waals surface area contributed by atoms with E-state index >= 15 is 0 Å². The highest BCUT2D eigenvalue weighted by Gasteiger charge is 2.25. The fraction of sp³-hybridized carbons (Fsp3) is 0.923. The summed E-state index contributed by atoms with van der Waals surface area (Å²) < 4.78 is 0. The average molecular weight is 257 g/mol. The van der Waals surface area contributed by atoms with E-state index in [1.165, 1.54) is 6.42 Å². The van der Waals surface area contributed by atoms with Gasteiger partial charge >= 0.3 is 6.03 Å². The third-order valence-corrected chi connectivity index (χ3v) is 3.22. The monoisotopic (exact) mass is 257 g/mol. The third-order valence-electron chi connectivity index (χ3n) is 3.22. The number of nitrogens with one attached hydrogen (secondary N) is 1. The summed E-state index contributed by atoms with van der Waals surface area (Å²) in [6, 6.07) is -0.0550. The van der Waals surface area contributed by atoms with Crippen LogP contribution in [0.3, 0.4) is 0 Å². The smallest absolute Gasteiger partial charge is 0.317 e. The standard InChI is InChI=1S/C13H27N3O2/c1-11-6-5-7-16(8-11)12(17)14-9-13(2,18)10-15(3)4/h11,18H,5-10H2,1-4H3,(H,14,17). The van der Waals surface area contributed by atoms with Crippen LogP contribution in [0.5, 0.6) is 0 Å². The molecule has 106 valence electrons. The van der Waals surface area contributed by atoms with Gasteiger partial charge in [0, 0.05) is 26.2 Å². The van der Waals surface area contributed by atoms with Crippen LogP contribution < -0.4 is 5.32 Å². The predicted molar refractivity (Wildman–Crippen MR) is 72.5 cm³/mol. The Labute approximate surface area is 110 Å². The highest BCUT2D eigenvalue weighted by molar-refractivity contribution is 5.74. The summed E-state index contributed by atoms with van der Waals surface area (Å²) in [5.41, 5.74) is -0.888. The summed E-state index contributed by atoms with van der Waals surface area (Å²) >= 11 is 0. The predicted octanol–water partition coefficient (Wildman–Crippen LogP) is 0.740. The van der Waals surface area contributed by atoms with Crippen molar-refractivity contribution in [2.45, 2.75) is 32.3 Å². The third kappa shape index (κ3) is 5.23. The second kappa shape index (κ2) is 6.38. The molecule has 5 nitrogen and oxygen atoms in total. The van der Waals surface area contributed by atoms with Crippen LogP contribution in [0.2, 0.25) is 0 Å². The summed E-state index contributed by atoms with van der Waals surface area (Å²) in [6.07, 6.45) is 2.27. The Morgan fingerprint density at radius 3 is 2.78 bits per heavy atom. The van der Waals surface area contributed by atoms with Crippen molar-refractivity contribution in [2.75, 3.05) is 40.3 Å². The molecule has 0 aromatic rings. The van der Waals surface area contributed by atoms with E-state index in [2.05, 4.69) is 12.2 Å². The van der Waals surface area contributed by atoms with Gasteiger partial charge in [0.2, 0.25) is 0 Å². The number of likely N-dealkylation sites (tertiary alicyclic amines) is 1. The van der Waals surface area contributed by atoms with Gasteiger partial charge in [-0.05, 0) is 39.8 Å². The molecule has 0 aromatic carbocycles. The largest absolute Gasteiger partial charge is 0.387 e. The Bertz CT molecular complexity index is 279. The van der Waals surface area contributed by atoms with Gasteiger partial charge in [0.25, 0.3) is 0 Å². The number of amides is 2. The van der Waals surface area contributed by atoms with E-state index in [9.17, 15) is 9.90 Å². The molecule has 1 rings (SSSR count). The quantitative estimate of drug-likeness (QED) is 0.781. The molecule has 1 heterocycles. The summed E-state index contributed by atoms with van der Waals surface area (Å²) in [4.78, 5) is 15.7. The van der Waals surface area contributed by atoms with E-state index in [1.54, 1.807) is 6.92 Å². The molecule has 2 amide bonds. The molecule has 2 N–H and O–H groups in total. The molecule has 1 fully saturated rings. The van der Waals surface area contributed by atoms with Gasteiger partial charge in [0.15, 0.2) is 0 Å². The molecule has 2 unspecified atom stereocenters. The Kier molecular flexibility index (Phi) is 5.41. The normalized spacial score (nSPS) is 23.9. The van der Waals surface area contributed by atoms with Crippen molar-refractivity contribution in [3.8, 4) is 0 Å². The maximum absolute atomic E-state index is 12.0. The van der Waals surface area contributed by atoms with Crippen molar-refractivity contribution in [1.82, 2.24) is 15.1 Å². The van der Waals surface area contributed by atoms with Gasteiger partial charge in [0.1, 0.15) is 0 Å². The van der Waals surface area contributed by atoms with E-state index in [0.717, 1.165) is 19.5 Å². The molecule has 2 atom stereocenters. The fourth-order valence-corrected chi connectivity index (χ4v) is 2.49. The zero-order valence-corrected chi connectivity index (χ0v) is 12.1. The molecule has 1 aliphatic heterocycles. The molecule has 1 saturated heterocycles. The lowest BCUT2D eigenvalue weighted by atomic mass is 10.0. The van der Waals surface area contributed by atoms with E-state index in [1.807, 2.05) is 23.9 Å². The van der Waals surface area contributed by atoms with Crippen LogP contribution in [-0.2, 0) is 0 Å². The zero-order valence-electron chi connectivity index (χ0n) is 12.1. The number of aliphatic hydroxyl groups is 1. The molecular weight excluding hydrogens is 230 g/mol. The Hall–Kier alpha value is -0.810. The minimum Gasteiger partial charge on any atom is -0.387 e. The second-order valence-electron chi connectivity index (χ2n) is 6.09. The lowest BCUT2D eigenvalue weighted by Crippen LogP contribution is -2.51. The zero-order chi connectivity index (χ0) is 13.8. The minimum absolute atomic E-state index is 0.0550. The van der Waals surface area contributed by atoms with Crippen LogP contribution >= 0.6 is 0 Å². The first kappa shape index (κ1) is 15.2. The van der Waals surface area contributed by atoms with Crippen molar-refractivity contribution >= 4 is 6.03 Å². The Morgan fingerprint density at radius 2 is 2.22 bits per heavy atom. The van der Waals surface area contributed by atoms with E-state index in [-0.39, 0.29) is 12.6 Å². The number of likely N-dealkylation sites (N-methyl/N-ethyl adjacent to an activating group) is 1. The highest BCUT2D eigenvalue weighted by atomic mass is 16.3. The van der Waals surface area contributed by atoms with Crippen LogP contribution in [0.1, 0.15) is 26.7 Å². The first-order chi connectivity index (χ1) is 8.30. The summed E-state index contributed by atoms with van der Waals surface area (Å²) in [5.74, 6) is 0.576. The minimum atomic E-state index is -0.888. The van der Waals surface area contributed by atoms with Gasteiger partial charge in [0.05, 0.1) is 5.60 Å². The molecule has 0 aromatic heterocycles. The molecule has 1 aliphatic rings. The fourth-order valence-electron chi connectivity index (χ4n) is 2.49. The molecule has 0 spiro atoms. The number of carbonyl (C=O) groups excluding carboxylic acids is 1. The van der Waals surface area contributed by atoms with Gasteiger partial charge in [-0.25, -0.2) is 4.79 Å². The SMILES string of the molecule is CC1CCCN(C(=O)NCC(C)(O)CN(C)C)C1. The lowest BCUT2D eigenvalue weighted by molar-refractivity contribution is 0.0342. The van der Waals surface area contributed by atoms with Crippen molar-refractivity contribution < 1.29 is 9.90 Å². The number of hydrogen-bond donors (Lipinski definition) is 2. The molecule has 0 saturated carbocycles. The molecule has 5 heteroatoms. The van der Waals surface area contributed by atoms with Crippen LogP contribution in [0.15, 0.2) is 0 Å². The number of carbonyl (C=O) groups is 1. The highest BCUT2D eigenvalue weighted by Crippen LogP contribution is 2.15.